The summed E-state index contributed by atoms with van der Waals surface area (Å²) >= 11 is 0. The van der Waals surface area contributed by atoms with Gasteiger partial charge in [-0.05, 0) is 36.8 Å². The molecule has 0 atom stereocenters. The Bertz CT molecular complexity index is 757. The molecule has 0 aliphatic rings. The summed E-state index contributed by atoms with van der Waals surface area (Å²) in [5.74, 6) is 0.373. The Hall–Kier alpha value is -2.77. The van der Waals surface area contributed by atoms with Crippen LogP contribution in [0.3, 0.4) is 0 Å². The number of nitrogen functional groups attached to an aromatic ring is 2. The van der Waals surface area contributed by atoms with Gasteiger partial charge in [-0.2, -0.15) is 18.3 Å². The molecule has 2 aromatic rings. The van der Waals surface area contributed by atoms with Crippen LogP contribution in [0.2, 0.25) is 0 Å². The van der Waals surface area contributed by atoms with Crippen molar-refractivity contribution in [1.29, 1.82) is 0 Å². The second-order valence-electron chi connectivity index (χ2n) is 4.85. The monoisotopic (exact) mass is 324 g/mol. The highest BCUT2D eigenvalue weighted by molar-refractivity contribution is 5.63. The molecule has 4 N–H and O–H groups in total. The number of azo groups is 1. The van der Waals surface area contributed by atoms with Crippen molar-refractivity contribution in [2.75, 3.05) is 18.6 Å². The summed E-state index contributed by atoms with van der Waals surface area (Å²) in [4.78, 5) is 0. The summed E-state index contributed by atoms with van der Waals surface area (Å²) in [6, 6.07) is 6.45. The van der Waals surface area contributed by atoms with E-state index in [9.17, 15) is 13.2 Å². The Morgan fingerprint density at radius 3 is 2.26 bits per heavy atom. The van der Waals surface area contributed by atoms with Gasteiger partial charge in [0, 0.05) is 11.8 Å². The van der Waals surface area contributed by atoms with Gasteiger partial charge >= 0.3 is 6.18 Å². The number of anilines is 2. The number of ether oxygens (including phenoxy) is 1. The van der Waals surface area contributed by atoms with Gasteiger partial charge < -0.3 is 16.2 Å². The molecule has 23 heavy (non-hydrogen) atoms. The zero-order valence-corrected chi connectivity index (χ0v) is 12.5. The van der Waals surface area contributed by atoms with E-state index in [-0.39, 0.29) is 11.4 Å². The van der Waals surface area contributed by atoms with E-state index < -0.39 is 11.7 Å². The summed E-state index contributed by atoms with van der Waals surface area (Å²) in [5, 5.41) is 7.58. The Kier molecular flexibility index (Phi) is 4.44. The predicted octanol–water partition coefficient (Wildman–Crippen LogP) is 4.60. The maximum absolute atomic E-state index is 13.0. The number of rotatable bonds is 3. The van der Waals surface area contributed by atoms with Crippen molar-refractivity contribution < 1.29 is 17.9 Å². The van der Waals surface area contributed by atoms with E-state index >= 15 is 0 Å². The van der Waals surface area contributed by atoms with Crippen molar-refractivity contribution >= 4 is 22.7 Å². The van der Waals surface area contributed by atoms with Crippen LogP contribution in [0.5, 0.6) is 5.75 Å². The van der Waals surface area contributed by atoms with Crippen molar-refractivity contribution in [2.24, 2.45) is 10.2 Å². The molecule has 0 saturated heterocycles. The number of aryl methyl sites for hydroxylation is 1. The molecule has 2 rings (SSSR count). The number of hydrogen-bond acceptors (Lipinski definition) is 5. The van der Waals surface area contributed by atoms with E-state index in [4.69, 9.17) is 16.2 Å². The van der Waals surface area contributed by atoms with Crippen LogP contribution in [0, 0.1) is 6.92 Å². The number of benzene rings is 2. The van der Waals surface area contributed by atoms with Crippen LogP contribution in [-0.2, 0) is 6.18 Å². The minimum absolute atomic E-state index is 0.00149. The maximum Gasteiger partial charge on any atom is 0.418 e. The fraction of sp³-hybridized carbons (Fsp3) is 0.200. The molecule has 0 saturated carbocycles. The lowest BCUT2D eigenvalue weighted by atomic mass is 10.1. The minimum atomic E-state index is -4.57. The Morgan fingerprint density at radius 2 is 1.65 bits per heavy atom. The zero-order valence-electron chi connectivity index (χ0n) is 12.5. The molecule has 0 amide bonds. The number of nitrogens with zero attached hydrogens (tertiary/aromatic N) is 2. The second kappa shape index (κ2) is 6.15. The summed E-state index contributed by atoms with van der Waals surface area (Å²) in [7, 11) is 1.43. The van der Waals surface area contributed by atoms with Crippen LogP contribution in [0.4, 0.5) is 35.9 Å². The molecule has 0 aliphatic carbocycles. The fourth-order valence-corrected chi connectivity index (χ4v) is 1.96. The number of halogens is 3. The average Bonchev–Trinajstić information content (AvgIpc) is 2.46. The van der Waals surface area contributed by atoms with Gasteiger partial charge in [-0.1, -0.05) is 0 Å². The lowest BCUT2D eigenvalue weighted by Gasteiger charge is -2.10. The van der Waals surface area contributed by atoms with Crippen molar-refractivity contribution in [2.45, 2.75) is 13.1 Å². The van der Waals surface area contributed by atoms with Gasteiger partial charge in [-0.25, -0.2) is 0 Å². The van der Waals surface area contributed by atoms with Gasteiger partial charge in [0.2, 0.25) is 0 Å². The molecule has 0 radical (unpaired) electrons. The summed E-state index contributed by atoms with van der Waals surface area (Å²) in [6.45, 7) is 1.72. The second-order valence-corrected chi connectivity index (χ2v) is 4.85. The quantitative estimate of drug-likeness (QED) is 0.639. The van der Waals surface area contributed by atoms with Crippen LogP contribution in [0.1, 0.15) is 11.1 Å². The van der Waals surface area contributed by atoms with Gasteiger partial charge in [-0.15, -0.1) is 5.11 Å². The first-order valence-electron chi connectivity index (χ1n) is 6.55. The first-order valence-corrected chi connectivity index (χ1v) is 6.55. The lowest BCUT2D eigenvalue weighted by Crippen LogP contribution is -2.05. The third kappa shape index (κ3) is 3.71. The highest BCUT2D eigenvalue weighted by Gasteiger charge is 2.33. The number of methoxy groups -OCH3 is 1. The molecule has 122 valence electrons. The first-order chi connectivity index (χ1) is 10.7. The van der Waals surface area contributed by atoms with Gasteiger partial charge in [0.15, 0.2) is 0 Å². The molecule has 8 heteroatoms. The lowest BCUT2D eigenvalue weighted by molar-refractivity contribution is -0.137. The highest BCUT2D eigenvalue weighted by Crippen LogP contribution is 2.39. The maximum atomic E-state index is 13.0. The number of hydrogen-bond donors (Lipinski definition) is 2. The first kappa shape index (κ1) is 16.6. The van der Waals surface area contributed by atoms with E-state index in [1.165, 1.54) is 25.3 Å². The predicted molar refractivity (Wildman–Crippen MR) is 82.2 cm³/mol. The Morgan fingerprint density at radius 1 is 1.00 bits per heavy atom. The molecule has 0 heterocycles. The van der Waals surface area contributed by atoms with Gasteiger partial charge in [0.05, 0.1) is 29.7 Å². The third-order valence-corrected chi connectivity index (χ3v) is 3.14. The van der Waals surface area contributed by atoms with Crippen LogP contribution >= 0.6 is 0 Å². The van der Waals surface area contributed by atoms with Crippen LogP contribution in [0.25, 0.3) is 0 Å². The van der Waals surface area contributed by atoms with Gasteiger partial charge in [0.1, 0.15) is 5.75 Å². The van der Waals surface area contributed by atoms with Gasteiger partial charge in [-0.3, -0.25) is 0 Å². The summed E-state index contributed by atoms with van der Waals surface area (Å²) in [5.41, 5.74) is 11.3. The van der Waals surface area contributed by atoms with Crippen molar-refractivity contribution in [3.63, 3.8) is 0 Å². The minimum Gasteiger partial charge on any atom is -0.495 e. The summed E-state index contributed by atoms with van der Waals surface area (Å²) < 4.78 is 44.1. The largest absolute Gasteiger partial charge is 0.495 e. The molecular weight excluding hydrogens is 309 g/mol. The molecule has 0 fully saturated rings. The van der Waals surface area contributed by atoms with E-state index in [2.05, 4.69) is 10.2 Å². The average molecular weight is 324 g/mol. The van der Waals surface area contributed by atoms with Gasteiger partial charge in [0.25, 0.3) is 0 Å². The normalized spacial score (nSPS) is 11.9. The van der Waals surface area contributed by atoms with Crippen LogP contribution < -0.4 is 16.2 Å². The van der Waals surface area contributed by atoms with Crippen LogP contribution in [-0.4, -0.2) is 7.11 Å². The van der Waals surface area contributed by atoms with Crippen molar-refractivity contribution in [3.05, 3.63) is 41.5 Å². The van der Waals surface area contributed by atoms with Crippen molar-refractivity contribution in [1.82, 2.24) is 0 Å². The third-order valence-electron chi connectivity index (χ3n) is 3.14. The molecule has 0 unspecified atom stereocenters. The SMILES string of the molecule is COc1cc(/N=N/c2ccc(N)cc2C(F)(F)F)c(C)cc1N. The Balaban J connectivity index is 2.46. The molecule has 0 spiro atoms. The number of nitrogens with two attached hydrogens (primary N) is 2. The Labute approximate surface area is 130 Å². The molecule has 5 nitrogen and oxygen atoms in total. The van der Waals surface area contributed by atoms with Crippen molar-refractivity contribution in [3.8, 4) is 5.75 Å². The van der Waals surface area contributed by atoms with E-state index in [1.807, 2.05) is 0 Å². The van der Waals surface area contributed by atoms with E-state index in [0.717, 1.165) is 6.07 Å². The molecule has 0 bridgehead atoms. The van der Waals surface area contributed by atoms with E-state index in [0.29, 0.717) is 22.7 Å². The van der Waals surface area contributed by atoms with Crippen LogP contribution in [0.15, 0.2) is 40.6 Å². The number of alkyl halides is 3. The molecule has 0 aliphatic heterocycles. The molecule has 0 aromatic heterocycles. The topological polar surface area (TPSA) is 86.0 Å². The molecular formula is C15H15F3N4O. The molecule has 2 aromatic carbocycles. The fourth-order valence-electron chi connectivity index (χ4n) is 1.96. The van der Waals surface area contributed by atoms with E-state index in [1.54, 1.807) is 13.0 Å². The highest BCUT2D eigenvalue weighted by atomic mass is 19.4. The smallest absolute Gasteiger partial charge is 0.418 e. The standard InChI is InChI=1S/C15H15F3N4O/c1-8-5-11(20)14(23-2)7-13(8)22-21-12-4-3-9(19)6-10(12)15(16,17)18/h3-7H,19-20H2,1-2H3/b22-21+. The zero-order chi connectivity index (χ0) is 17.2. The summed E-state index contributed by atoms with van der Waals surface area (Å²) in [6.07, 6.45) is -4.57.